The number of ether oxygens (including phenoxy) is 2. The minimum Gasteiger partial charge on any atom is -0.490 e. The topological polar surface area (TPSA) is 119 Å². The molecular weight excluding hydrogens is 460 g/mol. The van der Waals surface area contributed by atoms with E-state index in [0.29, 0.717) is 13.0 Å². The van der Waals surface area contributed by atoms with Gasteiger partial charge in [0, 0.05) is 23.8 Å². The van der Waals surface area contributed by atoms with Gasteiger partial charge >= 0.3 is 11.9 Å². The van der Waals surface area contributed by atoms with E-state index in [-0.39, 0.29) is 29.2 Å². The predicted molar refractivity (Wildman–Crippen MR) is 135 cm³/mol. The van der Waals surface area contributed by atoms with E-state index in [1.165, 1.54) is 12.1 Å². The van der Waals surface area contributed by atoms with Gasteiger partial charge in [0.1, 0.15) is 5.56 Å². The van der Waals surface area contributed by atoms with Gasteiger partial charge in [-0.1, -0.05) is 12.1 Å². The Hall–Kier alpha value is -3.94. The molecule has 0 aliphatic carbocycles. The van der Waals surface area contributed by atoms with E-state index in [2.05, 4.69) is 9.97 Å². The van der Waals surface area contributed by atoms with Gasteiger partial charge in [-0.15, -0.1) is 0 Å². The Morgan fingerprint density at radius 3 is 1.75 bits per heavy atom. The molecule has 0 saturated carbocycles. The molecule has 3 aromatic rings. The molecule has 0 amide bonds. The average Bonchev–Trinajstić information content (AvgIpc) is 2.89. The van der Waals surface area contributed by atoms with Crippen molar-refractivity contribution >= 4 is 11.9 Å². The molecule has 0 fully saturated rings. The molecule has 0 saturated heterocycles. The van der Waals surface area contributed by atoms with Crippen molar-refractivity contribution in [2.24, 2.45) is 0 Å². The van der Waals surface area contributed by atoms with Crippen molar-refractivity contribution in [3.05, 3.63) is 83.4 Å². The summed E-state index contributed by atoms with van der Waals surface area (Å²) >= 11 is 0. The number of rotatable bonds is 16. The van der Waals surface area contributed by atoms with E-state index in [9.17, 15) is 19.8 Å². The molecule has 2 aromatic heterocycles. The lowest BCUT2D eigenvalue weighted by atomic mass is 10.1. The number of carbonyl (C=O) groups is 2. The molecule has 0 aliphatic heterocycles. The molecule has 2 N–H and O–H groups in total. The van der Waals surface area contributed by atoms with Crippen LogP contribution in [0.2, 0.25) is 0 Å². The number of carboxylic acid groups (broad SMARTS) is 2. The fourth-order valence-electron chi connectivity index (χ4n) is 3.83. The lowest BCUT2D eigenvalue weighted by molar-refractivity contribution is 0.0646. The van der Waals surface area contributed by atoms with Crippen molar-refractivity contribution in [2.75, 3.05) is 13.2 Å². The van der Waals surface area contributed by atoms with Crippen LogP contribution in [0.25, 0.3) is 0 Å². The van der Waals surface area contributed by atoms with E-state index < -0.39 is 11.9 Å². The normalized spacial score (nSPS) is 10.7. The molecule has 8 heteroatoms. The number of aryl methyl sites for hydroxylation is 2. The van der Waals surface area contributed by atoms with Gasteiger partial charge in [0.05, 0.1) is 18.8 Å². The number of pyridine rings is 2. The molecule has 2 heterocycles. The quantitative estimate of drug-likeness (QED) is 0.253. The van der Waals surface area contributed by atoms with Gasteiger partial charge in [0.25, 0.3) is 0 Å². The molecule has 0 radical (unpaired) electrons. The summed E-state index contributed by atoms with van der Waals surface area (Å²) in [6.07, 6.45) is 10.4. The monoisotopic (exact) mass is 492 g/mol. The zero-order valence-electron chi connectivity index (χ0n) is 20.3. The van der Waals surface area contributed by atoms with Crippen LogP contribution in [0.1, 0.15) is 70.6 Å². The Morgan fingerprint density at radius 1 is 0.667 bits per heavy atom. The molecule has 190 valence electrons. The summed E-state index contributed by atoms with van der Waals surface area (Å²) in [5.41, 5.74) is 1.36. The fraction of sp³-hybridized carbons (Fsp3) is 0.357. The summed E-state index contributed by atoms with van der Waals surface area (Å²) in [6.45, 7) is 0.625. The first-order valence-corrected chi connectivity index (χ1v) is 12.2. The summed E-state index contributed by atoms with van der Waals surface area (Å²) < 4.78 is 11.7. The minimum absolute atomic E-state index is 0.0272. The van der Waals surface area contributed by atoms with E-state index in [1.54, 1.807) is 12.4 Å². The summed E-state index contributed by atoms with van der Waals surface area (Å²) in [7, 11) is 0. The molecule has 0 atom stereocenters. The van der Waals surface area contributed by atoms with Crippen LogP contribution in [0.3, 0.4) is 0 Å². The van der Waals surface area contributed by atoms with Gasteiger partial charge in [-0.3, -0.25) is 9.97 Å². The van der Waals surface area contributed by atoms with Crippen LogP contribution in [0.4, 0.5) is 0 Å². The van der Waals surface area contributed by atoms with E-state index in [0.717, 1.165) is 56.3 Å². The molecule has 0 bridgehead atoms. The molecule has 0 spiro atoms. The standard InChI is InChI=1S/C28H32N2O6/c31-27(32)23-15-16-24(35-19-9-1-3-11-21-13-5-7-17-29-21)26(25(23)28(33)34)36-20-10-2-4-12-22-14-6-8-18-30-22/h5-8,13-18H,1-4,9-12,19-20H2,(H,31,32)(H,33,34). The number of benzene rings is 1. The van der Waals surface area contributed by atoms with Crippen LogP contribution >= 0.6 is 0 Å². The molecular formula is C28H32N2O6. The summed E-state index contributed by atoms with van der Waals surface area (Å²) in [4.78, 5) is 32.2. The number of aromatic carboxylic acids is 2. The molecule has 0 aliphatic rings. The number of unbranched alkanes of at least 4 members (excludes halogenated alkanes) is 4. The van der Waals surface area contributed by atoms with Gasteiger partial charge in [-0.2, -0.15) is 0 Å². The van der Waals surface area contributed by atoms with Gasteiger partial charge in [0.2, 0.25) is 0 Å². The third-order valence-electron chi connectivity index (χ3n) is 5.68. The molecule has 0 unspecified atom stereocenters. The van der Waals surface area contributed by atoms with Crippen molar-refractivity contribution in [3.63, 3.8) is 0 Å². The van der Waals surface area contributed by atoms with Gasteiger partial charge < -0.3 is 19.7 Å². The maximum Gasteiger partial charge on any atom is 0.340 e. The average molecular weight is 493 g/mol. The SMILES string of the molecule is O=C(O)c1ccc(OCCCCCc2ccccn2)c(OCCCCCc2ccccn2)c1C(=O)O. The molecule has 1 aromatic carbocycles. The third kappa shape index (κ3) is 8.37. The van der Waals surface area contributed by atoms with Crippen LogP contribution in [0.15, 0.2) is 60.9 Å². The predicted octanol–water partition coefficient (Wildman–Crippen LogP) is 5.46. The number of nitrogens with zero attached hydrogens (tertiary/aromatic N) is 2. The highest BCUT2D eigenvalue weighted by atomic mass is 16.5. The second kappa shape index (κ2) is 14.5. The highest BCUT2D eigenvalue weighted by Crippen LogP contribution is 2.34. The molecule has 3 rings (SSSR count). The summed E-state index contributed by atoms with van der Waals surface area (Å²) in [6, 6.07) is 14.4. The Morgan fingerprint density at radius 2 is 1.25 bits per heavy atom. The maximum atomic E-state index is 11.9. The van der Waals surface area contributed by atoms with Crippen LogP contribution in [-0.4, -0.2) is 45.3 Å². The van der Waals surface area contributed by atoms with Gasteiger partial charge in [-0.05, 0) is 87.8 Å². The number of carboxylic acids is 2. The minimum atomic E-state index is -1.36. The Kier molecular flexibility index (Phi) is 10.7. The number of hydrogen-bond acceptors (Lipinski definition) is 6. The number of aromatic nitrogens is 2. The van der Waals surface area contributed by atoms with Crippen molar-refractivity contribution < 1.29 is 29.3 Å². The third-order valence-corrected chi connectivity index (χ3v) is 5.68. The van der Waals surface area contributed by atoms with E-state index >= 15 is 0 Å². The first-order valence-electron chi connectivity index (χ1n) is 12.2. The van der Waals surface area contributed by atoms with Crippen molar-refractivity contribution in [2.45, 2.75) is 51.4 Å². The molecule has 36 heavy (non-hydrogen) atoms. The zero-order valence-corrected chi connectivity index (χ0v) is 20.3. The van der Waals surface area contributed by atoms with Crippen LogP contribution in [0.5, 0.6) is 11.5 Å². The maximum absolute atomic E-state index is 11.9. The second-order valence-corrected chi connectivity index (χ2v) is 8.39. The van der Waals surface area contributed by atoms with Gasteiger partial charge in [0.15, 0.2) is 11.5 Å². The number of hydrogen-bond donors (Lipinski definition) is 2. The van der Waals surface area contributed by atoms with Crippen molar-refractivity contribution in [3.8, 4) is 11.5 Å². The first kappa shape index (κ1) is 26.7. The van der Waals surface area contributed by atoms with E-state index in [1.807, 2.05) is 36.4 Å². The fourth-order valence-corrected chi connectivity index (χ4v) is 3.83. The highest BCUT2D eigenvalue weighted by Gasteiger charge is 2.25. The lowest BCUT2D eigenvalue weighted by Gasteiger charge is -2.16. The van der Waals surface area contributed by atoms with Crippen molar-refractivity contribution in [1.29, 1.82) is 0 Å². The van der Waals surface area contributed by atoms with E-state index in [4.69, 9.17) is 9.47 Å². The van der Waals surface area contributed by atoms with Crippen LogP contribution in [0, 0.1) is 0 Å². The second-order valence-electron chi connectivity index (χ2n) is 8.39. The molecule has 8 nitrogen and oxygen atoms in total. The smallest absolute Gasteiger partial charge is 0.340 e. The first-order chi connectivity index (χ1) is 17.6. The van der Waals surface area contributed by atoms with Crippen LogP contribution < -0.4 is 9.47 Å². The Labute approximate surface area is 211 Å². The van der Waals surface area contributed by atoms with Crippen LogP contribution in [-0.2, 0) is 12.8 Å². The largest absolute Gasteiger partial charge is 0.490 e. The Bertz CT molecular complexity index is 1110. The van der Waals surface area contributed by atoms with Crippen molar-refractivity contribution in [1.82, 2.24) is 9.97 Å². The highest BCUT2D eigenvalue weighted by molar-refractivity contribution is 6.04. The summed E-state index contributed by atoms with van der Waals surface area (Å²) in [5.74, 6) is -2.47. The zero-order chi connectivity index (χ0) is 25.6. The Balaban J connectivity index is 1.53. The summed E-state index contributed by atoms with van der Waals surface area (Å²) in [5, 5.41) is 19.2. The van der Waals surface area contributed by atoms with Gasteiger partial charge in [-0.25, -0.2) is 9.59 Å². The lowest BCUT2D eigenvalue weighted by Crippen LogP contribution is -2.13.